The first-order valence-electron chi connectivity index (χ1n) is 5.88. The first-order valence-corrected chi connectivity index (χ1v) is 5.88. The Morgan fingerprint density at radius 3 is 2.39 bits per heavy atom. The molecule has 2 nitrogen and oxygen atoms in total. The van der Waals surface area contributed by atoms with Gasteiger partial charge in [-0.3, -0.25) is 0 Å². The lowest BCUT2D eigenvalue weighted by Gasteiger charge is -2.18. The van der Waals surface area contributed by atoms with Crippen LogP contribution in [0.15, 0.2) is 18.2 Å². The predicted octanol–water partition coefficient (Wildman–Crippen LogP) is 2.38. The van der Waals surface area contributed by atoms with E-state index in [1.54, 1.807) is 0 Å². The van der Waals surface area contributed by atoms with Crippen LogP contribution in [0.3, 0.4) is 0 Å². The normalized spacial score (nSPS) is 11.9. The zero-order valence-corrected chi connectivity index (χ0v) is 10.9. The van der Waals surface area contributed by atoms with E-state index in [9.17, 15) is 12.9 Å². The highest BCUT2D eigenvalue weighted by Gasteiger charge is 2.27. The minimum absolute atomic E-state index is 0.215. The number of aryl methyl sites for hydroxylation is 1. The van der Waals surface area contributed by atoms with E-state index in [-0.39, 0.29) is 5.56 Å². The van der Waals surface area contributed by atoms with Crippen LogP contribution in [0.1, 0.15) is 12.0 Å². The summed E-state index contributed by atoms with van der Waals surface area (Å²) in [5.41, 5.74) is -0.330. The topological polar surface area (TPSA) is 12.5 Å². The molecule has 0 aliphatic carbocycles. The van der Waals surface area contributed by atoms with Crippen molar-refractivity contribution in [1.29, 1.82) is 0 Å². The number of rotatable bonds is 6. The molecule has 0 bridgehead atoms. The Morgan fingerprint density at radius 2 is 1.89 bits per heavy atom. The second-order valence-corrected chi connectivity index (χ2v) is 4.60. The molecule has 0 spiro atoms. The summed E-state index contributed by atoms with van der Waals surface area (Å²) < 4.78 is 43.2. The summed E-state index contributed by atoms with van der Waals surface area (Å²) in [5, 5.41) is 0. The maximum absolute atomic E-state index is 12.6. The highest BCUT2D eigenvalue weighted by Crippen LogP contribution is 2.17. The van der Waals surface area contributed by atoms with Gasteiger partial charge in [-0.15, -0.1) is 5.46 Å². The van der Waals surface area contributed by atoms with E-state index >= 15 is 0 Å². The van der Waals surface area contributed by atoms with E-state index in [4.69, 9.17) is 4.74 Å². The van der Waals surface area contributed by atoms with Crippen molar-refractivity contribution in [2.75, 3.05) is 27.2 Å². The minimum atomic E-state index is -4.94. The van der Waals surface area contributed by atoms with Crippen molar-refractivity contribution < 1.29 is 17.7 Å². The zero-order valence-electron chi connectivity index (χ0n) is 10.9. The molecule has 0 radical (unpaired) electrons. The molecule has 0 unspecified atom stereocenters. The highest BCUT2D eigenvalue weighted by atomic mass is 19.4. The minimum Gasteiger partial charge on any atom is -0.494 e. The van der Waals surface area contributed by atoms with Crippen molar-refractivity contribution in [3.8, 4) is 5.75 Å². The van der Waals surface area contributed by atoms with Crippen molar-refractivity contribution in [2.24, 2.45) is 0 Å². The lowest BCUT2D eigenvalue weighted by Crippen LogP contribution is -2.35. The third-order valence-corrected chi connectivity index (χ3v) is 2.61. The Labute approximate surface area is 106 Å². The highest BCUT2D eigenvalue weighted by molar-refractivity contribution is 6.74. The molecule has 0 fully saturated rings. The quantitative estimate of drug-likeness (QED) is 0.575. The predicted molar refractivity (Wildman–Crippen MR) is 68.6 cm³/mol. The molecule has 0 aliphatic rings. The summed E-state index contributed by atoms with van der Waals surface area (Å²) in [4.78, 5) is 2.03. The van der Waals surface area contributed by atoms with Gasteiger partial charge in [0.1, 0.15) is 5.75 Å². The standard InChI is InChI=1S/C12H18BF3NO/c1-10-9-11(18-8-4-7-17(2)3)5-6-12(10)13(14,15)16/h5-6,9H,4,7-8H2,1-3H3/q-1. The molecule has 0 saturated heterocycles. The first-order chi connectivity index (χ1) is 8.30. The Balaban J connectivity index is 2.57. The van der Waals surface area contributed by atoms with Crippen LogP contribution >= 0.6 is 0 Å². The monoisotopic (exact) mass is 260 g/mol. The molecular weight excluding hydrogens is 242 g/mol. The SMILES string of the molecule is Cc1cc(OCCCN(C)C)ccc1[B-](F)(F)F. The van der Waals surface area contributed by atoms with E-state index in [0.29, 0.717) is 12.4 Å². The number of hydrogen-bond acceptors (Lipinski definition) is 2. The van der Waals surface area contributed by atoms with Crippen LogP contribution in [0.5, 0.6) is 5.75 Å². The molecule has 1 rings (SSSR count). The van der Waals surface area contributed by atoms with E-state index in [1.165, 1.54) is 19.1 Å². The van der Waals surface area contributed by atoms with Crippen LogP contribution in [0, 0.1) is 6.92 Å². The van der Waals surface area contributed by atoms with Crippen LogP contribution in [-0.4, -0.2) is 39.1 Å². The van der Waals surface area contributed by atoms with E-state index in [1.807, 2.05) is 19.0 Å². The molecule has 0 N–H and O–H groups in total. The van der Waals surface area contributed by atoms with Gasteiger partial charge >= 0.3 is 6.98 Å². The third kappa shape index (κ3) is 4.60. The summed E-state index contributed by atoms with van der Waals surface area (Å²) in [5.74, 6) is 0.495. The molecule has 1 aromatic carbocycles. The maximum Gasteiger partial charge on any atom is 0.509 e. The van der Waals surface area contributed by atoms with Gasteiger partial charge in [-0.25, -0.2) is 0 Å². The lowest BCUT2D eigenvalue weighted by atomic mass is 9.77. The van der Waals surface area contributed by atoms with E-state index < -0.39 is 12.4 Å². The van der Waals surface area contributed by atoms with Crippen LogP contribution in [0.4, 0.5) is 12.9 Å². The van der Waals surface area contributed by atoms with Crippen LogP contribution in [-0.2, 0) is 0 Å². The van der Waals surface area contributed by atoms with Gasteiger partial charge in [0, 0.05) is 6.54 Å². The van der Waals surface area contributed by atoms with Gasteiger partial charge < -0.3 is 22.6 Å². The Bertz CT molecular complexity index is 393. The molecule has 0 heterocycles. The molecule has 18 heavy (non-hydrogen) atoms. The number of hydrogen-bond donors (Lipinski definition) is 0. The molecule has 0 aliphatic heterocycles. The largest absolute Gasteiger partial charge is 0.509 e. The second-order valence-electron chi connectivity index (χ2n) is 4.60. The second kappa shape index (κ2) is 6.13. The number of nitrogens with zero attached hydrogens (tertiary/aromatic N) is 1. The van der Waals surface area contributed by atoms with Gasteiger partial charge in [0.05, 0.1) is 6.61 Å². The average molecular weight is 260 g/mol. The molecule has 102 valence electrons. The van der Waals surface area contributed by atoms with Crippen LogP contribution in [0.25, 0.3) is 0 Å². The summed E-state index contributed by atoms with van der Waals surface area (Å²) in [6, 6.07) is 3.92. The molecule has 0 saturated carbocycles. The molecule has 6 heteroatoms. The number of benzene rings is 1. The van der Waals surface area contributed by atoms with E-state index in [2.05, 4.69) is 0 Å². The van der Waals surface area contributed by atoms with E-state index in [0.717, 1.165) is 19.0 Å². The fourth-order valence-electron chi connectivity index (χ4n) is 1.68. The zero-order chi connectivity index (χ0) is 13.8. The van der Waals surface area contributed by atoms with Crippen molar-refractivity contribution in [3.05, 3.63) is 23.8 Å². The molecule has 0 aromatic heterocycles. The van der Waals surface area contributed by atoms with Gasteiger partial charge in [-0.2, -0.15) is 0 Å². The fraction of sp³-hybridized carbons (Fsp3) is 0.500. The number of ether oxygens (including phenoxy) is 1. The van der Waals surface area contributed by atoms with Gasteiger partial charge in [-0.1, -0.05) is 11.6 Å². The van der Waals surface area contributed by atoms with Crippen molar-refractivity contribution in [1.82, 2.24) is 4.90 Å². The summed E-state index contributed by atoms with van der Waals surface area (Å²) in [7, 11) is 3.93. The van der Waals surface area contributed by atoms with Crippen molar-refractivity contribution in [2.45, 2.75) is 13.3 Å². The first kappa shape index (κ1) is 14.9. The average Bonchev–Trinajstić information content (AvgIpc) is 2.22. The molecule has 0 atom stereocenters. The Morgan fingerprint density at radius 1 is 1.22 bits per heavy atom. The van der Waals surface area contributed by atoms with Gasteiger partial charge in [-0.05, 0) is 39.6 Å². The van der Waals surface area contributed by atoms with Gasteiger partial charge in [0.15, 0.2) is 0 Å². The van der Waals surface area contributed by atoms with Crippen molar-refractivity contribution >= 4 is 12.4 Å². The van der Waals surface area contributed by atoms with Crippen molar-refractivity contribution in [3.63, 3.8) is 0 Å². The van der Waals surface area contributed by atoms with Gasteiger partial charge in [0.25, 0.3) is 0 Å². The molecule has 1 aromatic rings. The third-order valence-electron chi connectivity index (χ3n) is 2.61. The summed E-state index contributed by atoms with van der Waals surface area (Å²) >= 11 is 0. The lowest BCUT2D eigenvalue weighted by molar-refractivity contribution is 0.281. The molecular formula is C12H18BF3NO-. The molecule has 0 amide bonds. The smallest absolute Gasteiger partial charge is 0.494 e. The maximum atomic E-state index is 12.6. The van der Waals surface area contributed by atoms with Crippen LogP contribution < -0.4 is 10.2 Å². The van der Waals surface area contributed by atoms with Gasteiger partial charge in [0.2, 0.25) is 0 Å². The Hall–Kier alpha value is -1.17. The van der Waals surface area contributed by atoms with Crippen LogP contribution in [0.2, 0.25) is 0 Å². The fourth-order valence-corrected chi connectivity index (χ4v) is 1.68. The summed E-state index contributed by atoms with van der Waals surface area (Å²) in [6.45, 7) is -2.08. The summed E-state index contributed by atoms with van der Waals surface area (Å²) in [6.07, 6.45) is 0.844. The number of halogens is 3. The Kier molecular flexibility index (Phi) is 5.08.